The summed E-state index contributed by atoms with van der Waals surface area (Å²) >= 11 is 1.52. The Morgan fingerprint density at radius 3 is 2.86 bits per heavy atom. The number of para-hydroxylation sites is 1. The van der Waals surface area contributed by atoms with Crippen LogP contribution in [0.1, 0.15) is 58.5 Å². The molecule has 35 heavy (non-hydrogen) atoms. The van der Waals surface area contributed by atoms with Crippen molar-refractivity contribution in [1.29, 1.82) is 0 Å². The Morgan fingerprint density at radius 2 is 2.17 bits per heavy atom. The van der Waals surface area contributed by atoms with Crippen LogP contribution in [0.15, 0.2) is 40.9 Å². The van der Waals surface area contributed by atoms with Crippen molar-refractivity contribution in [2.75, 3.05) is 12.8 Å². The second-order valence-electron chi connectivity index (χ2n) is 8.61. The molecule has 3 heterocycles. The second-order valence-corrected chi connectivity index (χ2v) is 9.47. The molecule has 2 aromatic heterocycles. The lowest BCUT2D eigenvalue weighted by Gasteiger charge is -2.10. The number of thioether (sulfide) groups is 1. The highest BCUT2D eigenvalue weighted by Crippen LogP contribution is 2.38. The molecular formula is C25H23FN4O4S. The SMILES string of the molecule is CSCc1ccc(-c2c(C(=O)O)[nH]c3c(C(C)c4noc(C5CNC(=O)C5)n4)cccc23)cc1F. The number of nitrogens with one attached hydrogen (secondary N) is 2. The molecule has 1 fully saturated rings. The van der Waals surface area contributed by atoms with Gasteiger partial charge in [-0.05, 0) is 29.0 Å². The third-order valence-electron chi connectivity index (χ3n) is 6.36. The average Bonchev–Trinajstić information content (AvgIpc) is 3.57. The van der Waals surface area contributed by atoms with Gasteiger partial charge in [0, 0.05) is 35.6 Å². The Hall–Kier alpha value is -3.66. The number of fused-ring (bicyclic) bond motifs is 1. The maximum atomic E-state index is 14.7. The van der Waals surface area contributed by atoms with E-state index in [4.69, 9.17) is 4.52 Å². The molecule has 0 bridgehead atoms. The van der Waals surface area contributed by atoms with E-state index in [0.29, 0.717) is 58.0 Å². The number of amides is 1. The number of H-pyrrole nitrogens is 1. The van der Waals surface area contributed by atoms with Crippen molar-refractivity contribution < 1.29 is 23.6 Å². The molecule has 1 saturated heterocycles. The number of hydrogen-bond acceptors (Lipinski definition) is 6. The molecule has 1 aliphatic rings. The Bertz CT molecular complexity index is 1450. The number of aromatic nitrogens is 3. The summed E-state index contributed by atoms with van der Waals surface area (Å²) in [6.07, 6.45) is 2.20. The molecule has 2 aromatic carbocycles. The van der Waals surface area contributed by atoms with Crippen LogP contribution >= 0.6 is 11.8 Å². The van der Waals surface area contributed by atoms with Gasteiger partial charge in [0.2, 0.25) is 11.8 Å². The molecule has 10 heteroatoms. The van der Waals surface area contributed by atoms with Crippen molar-refractivity contribution in [3.63, 3.8) is 0 Å². The monoisotopic (exact) mass is 494 g/mol. The van der Waals surface area contributed by atoms with E-state index in [1.165, 1.54) is 17.8 Å². The number of nitrogens with zero attached hydrogens (tertiary/aromatic N) is 2. The number of hydrogen-bond donors (Lipinski definition) is 3. The largest absolute Gasteiger partial charge is 0.477 e. The number of halogens is 1. The molecule has 1 amide bonds. The Labute approximate surface area is 204 Å². The van der Waals surface area contributed by atoms with Crippen LogP contribution < -0.4 is 5.32 Å². The number of carboxylic acid groups (broad SMARTS) is 1. The highest BCUT2D eigenvalue weighted by molar-refractivity contribution is 7.97. The van der Waals surface area contributed by atoms with Crippen LogP contribution in [0.25, 0.3) is 22.0 Å². The number of rotatable bonds is 7. The first kappa shape index (κ1) is 23.1. The van der Waals surface area contributed by atoms with E-state index in [1.54, 1.807) is 12.1 Å². The van der Waals surface area contributed by atoms with Gasteiger partial charge in [0.05, 0.1) is 11.4 Å². The van der Waals surface area contributed by atoms with Gasteiger partial charge in [-0.3, -0.25) is 4.79 Å². The van der Waals surface area contributed by atoms with Crippen LogP contribution in [0.4, 0.5) is 4.39 Å². The first-order chi connectivity index (χ1) is 16.9. The zero-order chi connectivity index (χ0) is 24.7. The second kappa shape index (κ2) is 9.18. The lowest BCUT2D eigenvalue weighted by Crippen LogP contribution is -2.13. The summed E-state index contributed by atoms with van der Waals surface area (Å²) in [6, 6.07) is 10.4. The molecule has 3 N–H and O–H groups in total. The maximum Gasteiger partial charge on any atom is 0.352 e. The van der Waals surface area contributed by atoms with Gasteiger partial charge in [-0.15, -0.1) is 0 Å². The van der Waals surface area contributed by atoms with Crippen molar-refractivity contribution in [3.8, 4) is 11.1 Å². The number of carboxylic acids is 1. The lowest BCUT2D eigenvalue weighted by atomic mass is 9.95. The summed E-state index contributed by atoms with van der Waals surface area (Å²) in [6.45, 7) is 2.36. The molecule has 2 atom stereocenters. The minimum absolute atomic E-state index is 0.0130. The Kier molecular flexibility index (Phi) is 6.06. The van der Waals surface area contributed by atoms with E-state index in [2.05, 4.69) is 20.4 Å². The number of carbonyl (C=O) groups is 2. The van der Waals surface area contributed by atoms with E-state index in [-0.39, 0.29) is 29.3 Å². The fourth-order valence-electron chi connectivity index (χ4n) is 4.54. The Balaban J connectivity index is 1.58. The minimum atomic E-state index is -1.14. The number of aromatic amines is 1. The highest BCUT2D eigenvalue weighted by atomic mass is 32.2. The van der Waals surface area contributed by atoms with Gasteiger partial charge in [-0.1, -0.05) is 42.4 Å². The zero-order valence-electron chi connectivity index (χ0n) is 19.1. The summed E-state index contributed by atoms with van der Waals surface area (Å²) in [5, 5.41) is 17.5. The minimum Gasteiger partial charge on any atom is -0.477 e. The van der Waals surface area contributed by atoms with E-state index in [0.717, 1.165) is 5.56 Å². The lowest BCUT2D eigenvalue weighted by molar-refractivity contribution is -0.119. The summed E-state index contributed by atoms with van der Waals surface area (Å²) in [5.41, 5.74) is 2.87. The molecule has 4 aromatic rings. The van der Waals surface area contributed by atoms with Crippen molar-refractivity contribution in [1.82, 2.24) is 20.4 Å². The zero-order valence-corrected chi connectivity index (χ0v) is 19.9. The third kappa shape index (κ3) is 4.18. The topological polar surface area (TPSA) is 121 Å². The summed E-state index contributed by atoms with van der Waals surface area (Å²) in [4.78, 5) is 31.2. The smallest absolute Gasteiger partial charge is 0.352 e. The number of aromatic carboxylic acids is 1. The van der Waals surface area contributed by atoms with E-state index in [9.17, 15) is 19.1 Å². The molecular weight excluding hydrogens is 471 g/mol. The Morgan fingerprint density at radius 1 is 1.34 bits per heavy atom. The fraction of sp³-hybridized carbons (Fsp3) is 0.280. The van der Waals surface area contributed by atoms with Crippen molar-refractivity contribution in [2.45, 2.75) is 30.9 Å². The summed E-state index contributed by atoms with van der Waals surface area (Å²) in [7, 11) is 0. The molecule has 0 saturated carbocycles. The molecule has 0 aliphatic carbocycles. The molecule has 2 unspecified atom stereocenters. The average molecular weight is 495 g/mol. The highest BCUT2D eigenvalue weighted by Gasteiger charge is 2.30. The van der Waals surface area contributed by atoms with Crippen molar-refractivity contribution in [2.24, 2.45) is 0 Å². The van der Waals surface area contributed by atoms with Crippen LogP contribution in [0.3, 0.4) is 0 Å². The fourth-order valence-corrected chi connectivity index (χ4v) is 5.09. The van der Waals surface area contributed by atoms with Gasteiger partial charge in [-0.2, -0.15) is 16.7 Å². The van der Waals surface area contributed by atoms with Crippen LogP contribution in [-0.4, -0.2) is 44.9 Å². The van der Waals surface area contributed by atoms with Gasteiger partial charge in [0.25, 0.3) is 0 Å². The van der Waals surface area contributed by atoms with Gasteiger partial charge in [0.15, 0.2) is 5.82 Å². The van der Waals surface area contributed by atoms with E-state index >= 15 is 0 Å². The first-order valence-electron chi connectivity index (χ1n) is 11.1. The van der Waals surface area contributed by atoms with E-state index in [1.807, 2.05) is 31.4 Å². The number of benzene rings is 2. The molecule has 180 valence electrons. The third-order valence-corrected chi connectivity index (χ3v) is 6.96. The van der Waals surface area contributed by atoms with Gasteiger partial charge >= 0.3 is 5.97 Å². The van der Waals surface area contributed by atoms with Gasteiger partial charge in [-0.25, -0.2) is 9.18 Å². The molecule has 8 nitrogen and oxygen atoms in total. The van der Waals surface area contributed by atoms with Crippen LogP contribution in [0.2, 0.25) is 0 Å². The quantitative estimate of drug-likeness (QED) is 0.341. The van der Waals surface area contributed by atoms with Crippen LogP contribution in [0, 0.1) is 5.82 Å². The normalized spacial score (nSPS) is 16.5. The predicted octanol–water partition coefficient (Wildman–Crippen LogP) is 4.67. The molecule has 1 aliphatic heterocycles. The van der Waals surface area contributed by atoms with Gasteiger partial charge < -0.3 is 19.9 Å². The standard InChI is InChI=1S/C25H23FN4O4S/c1-12(23-29-24(34-30-23)15-9-19(31)27-10-15)16-4-3-5-17-20(22(25(32)33)28-21(16)17)13-6-7-14(11-35-2)18(26)8-13/h3-8,12,15,28H,9-11H2,1-2H3,(H,27,31)(H,32,33). The summed E-state index contributed by atoms with van der Waals surface area (Å²) in [5.74, 6) is -0.670. The molecule has 0 radical (unpaired) electrons. The van der Waals surface area contributed by atoms with Crippen molar-refractivity contribution in [3.05, 3.63) is 70.8 Å². The van der Waals surface area contributed by atoms with Gasteiger partial charge in [0.1, 0.15) is 11.5 Å². The van der Waals surface area contributed by atoms with Crippen molar-refractivity contribution >= 4 is 34.5 Å². The molecule has 0 spiro atoms. The maximum absolute atomic E-state index is 14.7. The van der Waals surface area contributed by atoms with Crippen LogP contribution in [0.5, 0.6) is 0 Å². The number of carbonyl (C=O) groups excluding carboxylic acids is 1. The summed E-state index contributed by atoms with van der Waals surface area (Å²) < 4.78 is 20.2. The predicted molar refractivity (Wildman–Crippen MR) is 130 cm³/mol. The molecule has 5 rings (SSSR count). The first-order valence-corrected chi connectivity index (χ1v) is 12.5. The van der Waals surface area contributed by atoms with E-state index < -0.39 is 5.97 Å². The van der Waals surface area contributed by atoms with Crippen LogP contribution in [-0.2, 0) is 10.5 Å².